The van der Waals surface area contributed by atoms with Crippen molar-refractivity contribution in [1.82, 2.24) is 10.6 Å². The molecule has 0 saturated carbocycles. The summed E-state index contributed by atoms with van der Waals surface area (Å²) >= 11 is 0. The maximum atomic E-state index is 12.9. The predicted molar refractivity (Wildman–Crippen MR) is 91.9 cm³/mol. The van der Waals surface area contributed by atoms with Gasteiger partial charge in [0.25, 0.3) is 0 Å². The topological polar surface area (TPSA) is 61.4 Å². The van der Waals surface area contributed by atoms with Crippen molar-refractivity contribution in [2.75, 3.05) is 13.2 Å². The molecular formula is C19H23FN2O2. The van der Waals surface area contributed by atoms with E-state index in [0.29, 0.717) is 19.5 Å². The smallest absolute Gasteiger partial charge is 0.237 e. The Labute approximate surface area is 141 Å². The van der Waals surface area contributed by atoms with Gasteiger partial charge >= 0.3 is 0 Å². The van der Waals surface area contributed by atoms with E-state index < -0.39 is 6.04 Å². The highest BCUT2D eigenvalue weighted by atomic mass is 19.1. The third kappa shape index (κ3) is 6.10. The summed E-state index contributed by atoms with van der Waals surface area (Å²) in [5.41, 5.74) is 2.02. The van der Waals surface area contributed by atoms with Crippen molar-refractivity contribution in [3.05, 3.63) is 71.5 Å². The summed E-state index contributed by atoms with van der Waals surface area (Å²) in [5.74, 6) is -0.466. The van der Waals surface area contributed by atoms with Crippen LogP contribution in [-0.4, -0.2) is 30.2 Å². The molecule has 0 bridgehead atoms. The lowest BCUT2D eigenvalue weighted by Gasteiger charge is -2.17. The van der Waals surface area contributed by atoms with Gasteiger partial charge < -0.3 is 15.7 Å². The molecule has 2 aromatic rings. The lowest BCUT2D eigenvalue weighted by atomic mass is 10.1. The number of carbonyl (C=O) groups excluding carboxylic acids is 1. The van der Waals surface area contributed by atoms with Gasteiger partial charge in [0.2, 0.25) is 5.91 Å². The van der Waals surface area contributed by atoms with Crippen molar-refractivity contribution in [2.45, 2.75) is 25.4 Å². The van der Waals surface area contributed by atoms with Crippen molar-refractivity contribution in [1.29, 1.82) is 0 Å². The van der Waals surface area contributed by atoms with E-state index in [-0.39, 0.29) is 18.3 Å². The first kappa shape index (κ1) is 18.1. The molecule has 0 saturated heterocycles. The molecule has 128 valence electrons. The maximum Gasteiger partial charge on any atom is 0.237 e. The van der Waals surface area contributed by atoms with Crippen LogP contribution in [0.2, 0.25) is 0 Å². The minimum Gasteiger partial charge on any atom is -0.396 e. The monoisotopic (exact) mass is 330 g/mol. The molecule has 4 nitrogen and oxygen atoms in total. The molecule has 0 aromatic heterocycles. The van der Waals surface area contributed by atoms with Gasteiger partial charge in [-0.05, 0) is 42.6 Å². The number of amides is 1. The van der Waals surface area contributed by atoms with Gasteiger partial charge in [0, 0.05) is 13.2 Å². The van der Waals surface area contributed by atoms with Crippen molar-refractivity contribution in [2.24, 2.45) is 0 Å². The zero-order valence-electron chi connectivity index (χ0n) is 13.5. The Bertz CT molecular complexity index is 617. The number of rotatable bonds is 9. The van der Waals surface area contributed by atoms with Crippen LogP contribution in [-0.2, 0) is 17.8 Å². The first-order valence-electron chi connectivity index (χ1n) is 8.09. The molecule has 0 heterocycles. The molecule has 3 N–H and O–H groups in total. The van der Waals surface area contributed by atoms with Gasteiger partial charge in [-0.2, -0.15) is 0 Å². The number of hydrogen-bond acceptors (Lipinski definition) is 3. The quantitative estimate of drug-likeness (QED) is 0.659. The van der Waals surface area contributed by atoms with Crippen LogP contribution in [0.15, 0.2) is 54.6 Å². The summed E-state index contributed by atoms with van der Waals surface area (Å²) in [4.78, 5) is 12.3. The fraction of sp³-hybridized carbons (Fsp3) is 0.316. The summed E-state index contributed by atoms with van der Waals surface area (Å²) in [6.45, 7) is 0.924. The molecule has 2 rings (SSSR count). The molecule has 0 aliphatic heterocycles. The minimum absolute atomic E-state index is 0.0625. The van der Waals surface area contributed by atoms with E-state index in [1.165, 1.54) is 17.7 Å². The molecule has 1 unspecified atom stereocenters. The Balaban J connectivity index is 1.79. The van der Waals surface area contributed by atoms with Crippen LogP contribution < -0.4 is 10.6 Å². The van der Waals surface area contributed by atoms with E-state index in [9.17, 15) is 9.18 Å². The normalized spacial score (nSPS) is 11.9. The van der Waals surface area contributed by atoms with Crippen molar-refractivity contribution in [3.8, 4) is 0 Å². The maximum absolute atomic E-state index is 12.9. The second-order valence-electron chi connectivity index (χ2n) is 5.60. The number of aliphatic hydroxyl groups excluding tert-OH is 1. The van der Waals surface area contributed by atoms with Crippen LogP contribution in [0.1, 0.15) is 17.5 Å². The highest BCUT2D eigenvalue weighted by Gasteiger charge is 2.16. The lowest BCUT2D eigenvalue weighted by molar-refractivity contribution is -0.123. The van der Waals surface area contributed by atoms with Gasteiger partial charge in [-0.25, -0.2) is 4.39 Å². The van der Waals surface area contributed by atoms with Gasteiger partial charge in [-0.3, -0.25) is 4.79 Å². The van der Waals surface area contributed by atoms with Crippen LogP contribution in [0, 0.1) is 5.82 Å². The number of carbonyl (C=O) groups is 1. The molecular weight excluding hydrogens is 307 g/mol. The Kier molecular flexibility index (Phi) is 7.39. The minimum atomic E-state index is -0.445. The van der Waals surface area contributed by atoms with E-state index in [0.717, 1.165) is 12.0 Å². The zero-order valence-corrected chi connectivity index (χ0v) is 13.5. The summed E-state index contributed by atoms with van der Waals surface area (Å²) < 4.78 is 12.9. The van der Waals surface area contributed by atoms with Crippen LogP contribution in [0.3, 0.4) is 0 Å². The van der Waals surface area contributed by atoms with Crippen LogP contribution in [0.4, 0.5) is 4.39 Å². The lowest BCUT2D eigenvalue weighted by Crippen LogP contribution is -2.45. The summed E-state index contributed by atoms with van der Waals surface area (Å²) in [6.07, 6.45) is 1.16. The molecule has 0 fully saturated rings. The van der Waals surface area contributed by atoms with Gasteiger partial charge in [0.05, 0.1) is 6.04 Å². The summed E-state index contributed by atoms with van der Waals surface area (Å²) in [6, 6.07) is 15.6. The Hall–Kier alpha value is -2.24. The largest absolute Gasteiger partial charge is 0.396 e. The van der Waals surface area contributed by atoms with Crippen molar-refractivity contribution in [3.63, 3.8) is 0 Å². The number of hydrogen-bond donors (Lipinski definition) is 3. The third-order valence-corrected chi connectivity index (χ3v) is 3.76. The summed E-state index contributed by atoms with van der Waals surface area (Å²) in [5, 5.41) is 15.2. The van der Waals surface area contributed by atoms with Gasteiger partial charge in [0.15, 0.2) is 0 Å². The van der Waals surface area contributed by atoms with E-state index in [2.05, 4.69) is 10.6 Å². The fourth-order valence-corrected chi connectivity index (χ4v) is 2.41. The third-order valence-electron chi connectivity index (χ3n) is 3.76. The number of nitrogens with one attached hydrogen (secondary N) is 2. The average Bonchev–Trinajstić information content (AvgIpc) is 2.61. The highest BCUT2D eigenvalue weighted by molar-refractivity contribution is 5.81. The van der Waals surface area contributed by atoms with Crippen LogP contribution >= 0.6 is 0 Å². The van der Waals surface area contributed by atoms with Gasteiger partial charge in [-0.15, -0.1) is 0 Å². The molecule has 0 radical (unpaired) electrons. The molecule has 0 spiro atoms. The van der Waals surface area contributed by atoms with Gasteiger partial charge in [0.1, 0.15) is 5.82 Å². The van der Waals surface area contributed by atoms with E-state index in [1.807, 2.05) is 30.3 Å². The average molecular weight is 330 g/mol. The molecule has 5 heteroatoms. The standard InChI is InChI=1S/C19H23FN2O2/c20-17-8-6-16(7-9-17)14-22-19(24)18(11-13-23)21-12-10-15-4-2-1-3-5-15/h1-9,18,21,23H,10-14H2,(H,22,24). The molecule has 24 heavy (non-hydrogen) atoms. The van der Waals surface area contributed by atoms with E-state index in [4.69, 9.17) is 5.11 Å². The van der Waals surface area contributed by atoms with Crippen molar-refractivity contribution >= 4 is 5.91 Å². The Morgan fingerprint density at radius 3 is 2.42 bits per heavy atom. The predicted octanol–water partition coefficient (Wildman–Crippen LogP) is 2.03. The van der Waals surface area contributed by atoms with E-state index >= 15 is 0 Å². The molecule has 0 aliphatic rings. The fourth-order valence-electron chi connectivity index (χ4n) is 2.41. The number of halogens is 1. The van der Waals surface area contributed by atoms with E-state index in [1.54, 1.807) is 12.1 Å². The van der Waals surface area contributed by atoms with Gasteiger partial charge in [-0.1, -0.05) is 42.5 Å². The zero-order chi connectivity index (χ0) is 17.2. The molecule has 1 atom stereocenters. The molecule has 0 aliphatic carbocycles. The summed E-state index contributed by atoms with van der Waals surface area (Å²) in [7, 11) is 0. The highest BCUT2D eigenvalue weighted by Crippen LogP contribution is 2.03. The number of benzene rings is 2. The molecule has 2 aromatic carbocycles. The number of aliphatic hydroxyl groups is 1. The molecule has 1 amide bonds. The Morgan fingerprint density at radius 2 is 1.75 bits per heavy atom. The second kappa shape index (κ2) is 9.80. The Morgan fingerprint density at radius 1 is 1.04 bits per heavy atom. The first-order chi connectivity index (χ1) is 11.7. The SMILES string of the molecule is O=C(NCc1ccc(F)cc1)C(CCO)NCCc1ccccc1. The first-order valence-corrected chi connectivity index (χ1v) is 8.09. The second-order valence-corrected chi connectivity index (χ2v) is 5.60. The van der Waals surface area contributed by atoms with Crippen molar-refractivity contribution < 1.29 is 14.3 Å². The van der Waals surface area contributed by atoms with Crippen LogP contribution in [0.5, 0.6) is 0 Å². The van der Waals surface area contributed by atoms with Crippen LogP contribution in [0.25, 0.3) is 0 Å².